The van der Waals surface area contributed by atoms with Gasteiger partial charge in [0.15, 0.2) is 0 Å². The highest BCUT2D eigenvalue weighted by Crippen LogP contribution is 2.07. The molecule has 0 aliphatic rings. The van der Waals surface area contributed by atoms with Crippen LogP contribution in [0.15, 0.2) is 12.4 Å². The maximum atomic E-state index is 10.6. The Morgan fingerprint density at radius 1 is 1.57 bits per heavy atom. The van der Waals surface area contributed by atoms with Crippen LogP contribution < -0.4 is 4.74 Å². The Labute approximate surface area is 81.8 Å². The van der Waals surface area contributed by atoms with Gasteiger partial charge in [-0.2, -0.15) is 0 Å². The average Bonchev–Trinajstić information content (AvgIpc) is 2.19. The maximum Gasteiger partial charge on any atom is 0.306 e. The zero-order valence-electron chi connectivity index (χ0n) is 8.10. The van der Waals surface area contributed by atoms with Crippen LogP contribution in [0.5, 0.6) is 5.88 Å². The van der Waals surface area contributed by atoms with Crippen LogP contribution in [0.25, 0.3) is 0 Å². The van der Waals surface area contributed by atoms with E-state index >= 15 is 0 Å². The van der Waals surface area contributed by atoms with Gasteiger partial charge in [-0.25, -0.2) is 4.98 Å². The Kier molecular flexibility index (Phi) is 3.39. The van der Waals surface area contributed by atoms with Gasteiger partial charge < -0.3 is 9.84 Å². The van der Waals surface area contributed by atoms with Gasteiger partial charge in [0.05, 0.1) is 31.1 Å². The number of hydrogen-bond donors (Lipinski definition) is 1. The fraction of sp³-hybridized carbons (Fsp3) is 0.444. The fourth-order valence-corrected chi connectivity index (χ4v) is 0.955. The Hall–Kier alpha value is -1.65. The van der Waals surface area contributed by atoms with E-state index in [1.54, 1.807) is 6.92 Å². The molecule has 0 radical (unpaired) electrons. The number of aliphatic carboxylic acids is 1. The summed E-state index contributed by atoms with van der Waals surface area (Å²) in [5.74, 6) is -0.850. The van der Waals surface area contributed by atoms with Gasteiger partial charge in [-0.05, 0) is 0 Å². The summed E-state index contributed by atoms with van der Waals surface area (Å²) in [4.78, 5) is 18.5. The highest BCUT2D eigenvalue weighted by atomic mass is 16.5. The highest BCUT2D eigenvalue weighted by Gasteiger charge is 2.12. The summed E-state index contributed by atoms with van der Waals surface area (Å²) in [5.41, 5.74) is 0.653. The molecule has 76 valence electrons. The van der Waals surface area contributed by atoms with Crippen molar-refractivity contribution in [2.24, 2.45) is 5.92 Å². The first-order chi connectivity index (χ1) is 6.63. The summed E-state index contributed by atoms with van der Waals surface area (Å²) >= 11 is 0. The molecule has 1 aromatic rings. The lowest BCUT2D eigenvalue weighted by atomic mass is 10.1. The molecule has 14 heavy (non-hydrogen) atoms. The molecule has 0 saturated heterocycles. The molecule has 1 aromatic heterocycles. The van der Waals surface area contributed by atoms with Crippen molar-refractivity contribution in [3.8, 4) is 5.88 Å². The summed E-state index contributed by atoms with van der Waals surface area (Å²) in [6.45, 7) is 1.63. The molecule has 1 N–H and O–H groups in total. The van der Waals surface area contributed by atoms with Crippen LogP contribution in [0.1, 0.15) is 12.6 Å². The van der Waals surface area contributed by atoms with E-state index < -0.39 is 11.9 Å². The quantitative estimate of drug-likeness (QED) is 0.769. The van der Waals surface area contributed by atoms with Crippen molar-refractivity contribution in [3.63, 3.8) is 0 Å². The molecule has 0 fully saturated rings. The van der Waals surface area contributed by atoms with Crippen molar-refractivity contribution in [3.05, 3.63) is 18.1 Å². The normalized spacial score (nSPS) is 12.1. The third-order valence-corrected chi connectivity index (χ3v) is 1.83. The number of hydrogen-bond acceptors (Lipinski definition) is 4. The first-order valence-corrected chi connectivity index (χ1v) is 4.21. The van der Waals surface area contributed by atoms with E-state index in [4.69, 9.17) is 9.84 Å². The van der Waals surface area contributed by atoms with Gasteiger partial charge in [0, 0.05) is 6.42 Å². The first kappa shape index (κ1) is 10.4. The van der Waals surface area contributed by atoms with E-state index in [1.165, 1.54) is 19.5 Å². The van der Waals surface area contributed by atoms with Gasteiger partial charge in [0.2, 0.25) is 5.88 Å². The summed E-state index contributed by atoms with van der Waals surface area (Å²) < 4.78 is 4.83. The molecule has 0 amide bonds. The Morgan fingerprint density at radius 2 is 2.29 bits per heavy atom. The SMILES string of the molecule is COc1cnc(CC(C)C(=O)O)cn1. The number of ether oxygens (including phenoxy) is 1. The molecule has 0 aliphatic heterocycles. The van der Waals surface area contributed by atoms with Crippen LogP contribution in [-0.2, 0) is 11.2 Å². The first-order valence-electron chi connectivity index (χ1n) is 4.21. The lowest BCUT2D eigenvalue weighted by molar-refractivity contribution is -0.141. The molecular formula is C9H12N2O3. The van der Waals surface area contributed by atoms with Gasteiger partial charge in [-0.1, -0.05) is 6.92 Å². The molecule has 1 rings (SSSR count). The van der Waals surface area contributed by atoms with Crippen molar-refractivity contribution in [2.75, 3.05) is 7.11 Å². The number of carboxylic acid groups (broad SMARTS) is 1. The molecule has 0 spiro atoms. The molecule has 1 unspecified atom stereocenters. The van der Waals surface area contributed by atoms with Crippen molar-refractivity contribution in [1.29, 1.82) is 0 Å². The van der Waals surface area contributed by atoms with E-state index in [-0.39, 0.29) is 0 Å². The Balaban J connectivity index is 2.64. The second kappa shape index (κ2) is 4.55. The smallest absolute Gasteiger partial charge is 0.306 e. The third-order valence-electron chi connectivity index (χ3n) is 1.83. The molecule has 1 heterocycles. The number of aromatic nitrogens is 2. The number of nitrogens with zero attached hydrogens (tertiary/aromatic N) is 2. The van der Waals surface area contributed by atoms with Crippen LogP contribution in [0, 0.1) is 5.92 Å². The van der Waals surface area contributed by atoms with E-state index in [9.17, 15) is 4.79 Å². The highest BCUT2D eigenvalue weighted by molar-refractivity contribution is 5.69. The second-order valence-corrected chi connectivity index (χ2v) is 2.99. The lowest BCUT2D eigenvalue weighted by Gasteiger charge is -2.05. The van der Waals surface area contributed by atoms with Gasteiger partial charge in [0.1, 0.15) is 0 Å². The molecule has 5 heteroatoms. The minimum Gasteiger partial charge on any atom is -0.481 e. The molecule has 5 nitrogen and oxygen atoms in total. The third kappa shape index (κ3) is 2.69. The van der Waals surface area contributed by atoms with Crippen molar-refractivity contribution in [2.45, 2.75) is 13.3 Å². The van der Waals surface area contributed by atoms with Crippen LogP contribution in [0.4, 0.5) is 0 Å². The van der Waals surface area contributed by atoms with E-state index in [2.05, 4.69) is 9.97 Å². The maximum absolute atomic E-state index is 10.6. The van der Waals surface area contributed by atoms with Gasteiger partial charge in [0.25, 0.3) is 0 Å². The monoisotopic (exact) mass is 196 g/mol. The van der Waals surface area contributed by atoms with E-state index in [0.717, 1.165) is 0 Å². The van der Waals surface area contributed by atoms with E-state index in [0.29, 0.717) is 18.0 Å². The summed E-state index contributed by atoms with van der Waals surface area (Å²) in [7, 11) is 1.50. The zero-order valence-corrected chi connectivity index (χ0v) is 8.10. The summed E-state index contributed by atoms with van der Waals surface area (Å²) in [6.07, 6.45) is 3.38. The Morgan fingerprint density at radius 3 is 2.71 bits per heavy atom. The van der Waals surface area contributed by atoms with Gasteiger partial charge in [-0.3, -0.25) is 9.78 Å². The minimum absolute atomic E-state index is 0.381. The van der Waals surface area contributed by atoms with Crippen LogP contribution >= 0.6 is 0 Å². The number of rotatable bonds is 4. The van der Waals surface area contributed by atoms with Crippen LogP contribution in [0.2, 0.25) is 0 Å². The van der Waals surface area contributed by atoms with E-state index in [1.807, 2.05) is 0 Å². The summed E-state index contributed by atoms with van der Waals surface area (Å²) in [6, 6.07) is 0. The predicted octanol–water partition coefficient (Wildman–Crippen LogP) is 0.748. The minimum atomic E-state index is -0.831. The number of methoxy groups -OCH3 is 1. The molecular weight excluding hydrogens is 184 g/mol. The Bertz CT molecular complexity index is 310. The zero-order chi connectivity index (χ0) is 10.6. The van der Waals surface area contributed by atoms with Crippen molar-refractivity contribution in [1.82, 2.24) is 9.97 Å². The second-order valence-electron chi connectivity index (χ2n) is 2.99. The van der Waals surface area contributed by atoms with Crippen molar-refractivity contribution >= 4 is 5.97 Å². The van der Waals surface area contributed by atoms with Crippen LogP contribution in [0.3, 0.4) is 0 Å². The molecule has 0 bridgehead atoms. The van der Waals surface area contributed by atoms with Gasteiger partial charge >= 0.3 is 5.97 Å². The molecule has 1 atom stereocenters. The molecule has 0 aliphatic carbocycles. The summed E-state index contributed by atoms with van der Waals surface area (Å²) in [5, 5.41) is 8.67. The van der Waals surface area contributed by atoms with Gasteiger partial charge in [-0.15, -0.1) is 0 Å². The lowest BCUT2D eigenvalue weighted by Crippen LogP contribution is -2.13. The molecule has 0 saturated carbocycles. The fourth-order valence-electron chi connectivity index (χ4n) is 0.955. The largest absolute Gasteiger partial charge is 0.481 e. The van der Waals surface area contributed by atoms with Crippen LogP contribution in [-0.4, -0.2) is 28.2 Å². The predicted molar refractivity (Wildman–Crippen MR) is 49.1 cm³/mol. The number of carbonyl (C=O) groups is 1. The standard InChI is InChI=1S/C9H12N2O3/c1-6(9(12)13)3-7-4-11-8(14-2)5-10-7/h4-6H,3H2,1-2H3,(H,12,13). The average molecular weight is 196 g/mol. The topological polar surface area (TPSA) is 72.3 Å². The van der Waals surface area contributed by atoms with Crippen molar-refractivity contribution < 1.29 is 14.6 Å². The number of carboxylic acids is 1. The molecule has 0 aromatic carbocycles.